The van der Waals surface area contributed by atoms with E-state index >= 15 is 0 Å². The van der Waals surface area contributed by atoms with Crippen molar-refractivity contribution >= 4 is 16.9 Å². The van der Waals surface area contributed by atoms with Gasteiger partial charge >= 0.3 is 0 Å². The summed E-state index contributed by atoms with van der Waals surface area (Å²) in [6, 6.07) is 8.24. The molecule has 4 rings (SSSR count). The highest BCUT2D eigenvalue weighted by atomic mass is 16.3. The molecule has 1 aliphatic rings. The first-order valence-electron chi connectivity index (χ1n) is 8.02. The van der Waals surface area contributed by atoms with Gasteiger partial charge in [0.05, 0.1) is 11.0 Å². The monoisotopic (exact) mass is 308 g/mol. The molecule has 5 heteroatoms. The molecule has 0 atom stereocenters. The van der Waals surface area contributed by atoms with E-state index in [0.29, 0.717) is 19.4 Å². The number of anilines is 1. The molecule has 3 aromatic rings. The van der Waals surface area contributed by atoms with Gasteiger partial charge in [0.1, 0.15) is 17.8 Å². The summed E-state index contributed by atoms with van der Waals surface area (Å²) in [7, 11) is 0. The average Bonchev–Trinajstić information content (AvgIpc) is 3.13. The van der Waals surface area contributed by atoms with Crippen molar-refractivity contribution < 1.29 is 5.11 Å². The molecule has 1 aromatic carbocycles. The molecule has 0 radical (unpaired) electrons. The smallest absolute Gasteiger partial charge is 0.143 e. The van der Waals surface area contributed by atoms with E-state index in [-0.39, 0.29) is 0 Å². The summed E-state index contributed by atoms with van der Waals surface area (Å²) in [5.41, 5.74) is 3.73. The topological polar surface area (TPSA) is 73.8 Å². The van der Waals surface area contributed by atoms with E-state index in [2.05, 4.69) is 39.3 Å². The number of aromatic amines is 1. The van der Waals surface area contributed by atoms with Crippen LogP contribution in [0.4, 0.5) is 5.82 Å². The van der Waals surface area contributed by atoms with Crippen molar-refractivity contribution in [2.24, 2.45) is 0 Å². The van der Waals surface area contributed by atoms with Gasteiger partial charge in [-0.3, -0.25) is 0 Å². The molecule has 0 fully saturated rings. The minimum Gasteiger partial charge on any atom is -0.387 e. The van der Waals surface area contributed by atoms with Crippen molar-refractivity contribution in [2.75, 3.05) is 11.9 Å². The molecule has 118 valence electrons. The second-order valence-electron chi connectivity index (χ2n) is 6.31. The van der Waals surface area contributed by atoms with E-state index in [9.17, 15) is 5.11 Å². The van der Waals surface area contributed by atoms with E-state index in [1.165, 1.54) is 16.7 Å². The Morgan fingerprint density at radius 1 is 1.22 bits per heavy atom. The fraction of sp³-hybridized carbons (Fsp3) is 0.333. The predicted octanol–water partition coefficient (Wildman–Crippen LogP) is 2.46. The van der Waals surface area contributed by atoms with Gasteiger partial charge in [-0.1, -0.05) is 31.2 Å². The Morgan fingerprint density at radius 2 is 1.96 bits per heavy atom. The Morgan fingerprint density at radius 3 is 2.65 bits per heavy atom. The van der Waals surface area contributed by atoms with Gasteiger partial charge in [-0.25, -0.2) is 9.97 Å². The maximum Gasteiger partial charge on any atom is 0.143 e. The molecular weight excluding hydrogens is 288 g/mol. The molecule has 1 aliphatic carbocycles. The van der Waals surface area contributed by atoms with Crippen LogP contribution >= 0.6 is 0 Å². The molecule has 3 N–H and O–H groups in total. The Kier molecular flexibility index (Phi) is 3.31. The molecule has 2 heterocycles. The van der Waals surface area contributed by atoms with E-state index < -0.39 is 5.60 Å². The summed E-state index contributed by atoms with van der Waals surface area (Å²) in [6.45, 7) is 2.59. The van der Waals surface area contributed by atoms with E-state index in [0.717, 1.165) is 23.3 Å². The number of nitrogens with zero attached hydrogens (tertiary/aromatic N) is 2. The molecule has 0 saturated heterocycles. The van der Waals surface area contributed by atoms with Crippen LogP contribution in [0.25, 0.3) is 11.0 Å². The second kappa shape index (κ2) is 5.35. The lowest BCUT2D eigenvalue weighted by Crippen LogP contribution is -2.38. The molecule has 0 unspecified atom stereocenters. The fourth-order valence-electron chi connectivity index (χ4n) is 3.49. The van der Waals surface area contributed by atoms with Crippen LogP contribution in [0, 0.1) is 0 Å². The largest absolute Gasteiger partial charge is 0.387 e. The summed E-state index contributed by atoms with van der Waals surface area (Å²) in [6.07, 6.45) is 5.80. The van der Waals surface area contributed by atoms with Crippen molar-refractivity contribution in [3.05, 3.63) is 53.5 Å². The average molecular weight is 308 g/mol. The third-order valence-electron chi connectivity index (χ3n) is 4.67. The lowest BCUT2D eigenvalue weighted by atomic mass is 10.0. The number of hydrogen-bond acceptors (Lipinski definition) is 4. The molecule has 0 spiro atoms. The number of hydrogen-bond donors (Lipinski definition) is 3. The Hall–Kier alpha value is -2.40. The lowest BCUT2D eigenvalue weighted by Gasteiger charge is -2.23. The molecule has 2 aromatic heterocycles. The highest BCUT2D eigenvalue weighted by molar-refractivity contribution is 5.90. The number of benzene rings is 1. The zero-order valence-electron chi connectivity index (χ0n) is 13.1. The van der Waals surface area contributed by atoms with Gasteiger partial charge in [-0.15, -0.1) is 0 Å². The SMILES string of the molecule is CCc1c[nH]c2ncnc(NCC3(O)Cc4ccccc4C3)c12. The fourth-order valence-corrected chi connectivity index (χ4v) is 3.49. The number of fused-ring (bicyclic) bond motifs is 2. The maximum absolute atomic E-state index is 10.9. The molecular formula is C18H20N4O. The van der Waals surface area contributed by atoms with Crippen LogP contribution in [0.15, 0.2) is 36.8 Å². The third kappa shape index (κ3) is 2.47. The number of rotatable bonds is 4. The Balaban J connectivity index is 1.57. The van der Waals surface area contributed by atoms with Crippen LogP contribution in [-0.4, -0.2) is 32.2 Å². The van der Waals surface area contributed by atoms with Crippen LogP contribution in [0.3, 0.4) is 0 Å². The van der Waals surface area contributed by atoms with Crippen LogP contribution in [0.5, 0.6) is 0 Å². The number of nitrogens with one attached hydrogen (secondary N) is 2. The number of aromatic nitrogens is 3. The van der Waals surface area contributed by atoms with E-state index in [1.807, 2.05) is 18.3 Å². The molecule has 23 heavy (non-hydrogen) atoms. The van der Waals surface area contributed by atoms with Crippen molar-refractivity contribution in [3.63, 3.8) is 0 Å². The predicted molar refractivity (Wildman–Crippen MR) is 90.6 cm³/mol. The van der Waals surface area contributed by atoms with Gasteiger partial charge in [0, 0.05) is 25.6 Å². The first-order valence-corrected chi connectivity index (χ1v) is 8.02. The summed E-state index contributed by atoms with van der Waals surface area (Å²) in [5.74, 6) is 0.789. The van der Waals surface area contributed by atoms with Crippen molar-refractivity contribution in [1.82, 2.24) is 15.0 Å². The second-order valence-corrected chi connectivity index (χ2v) is 6.31. The van der Waals surface area contributed by atoms with Crippen LogP contribution < -0.4 is 5.32 Å². The highest BCUT2D eigenvalue weighted by Crippen LogP contribution is 2.31. The summed E-state index contributed by atoms with van der Waals surface area (Å²) in [4.78, 5) is 11.8. The molecule has 0 amide bonds. The third-order valence-corrected chi connectivity index (χ3v) is 4.67. The molecule has 0 bridgehead atoms. The van der Waals surface area contributed by atoms with Gasteiger partial charge in [-0.2, -0.15) is 0 Å². The van der Waals surface area contributed by atoms with E-state index in [1.54, 1.807) is 6.33 Å². The van der Waals surface area contributed by atoms with Gasteiger partial charge in [0.2, 0.25) is 0 Å². The minimum absolute atomic E-state index is 0.474. The quantitative estimate of drug-likeness (QED) is 0.692. The molecule has 0 aliphatic heterocycles. The lowest BCUT2D eigenvalue weighted by molar-refractivity contribution is 0.0651. The van der Waals surface area contributed by atoms with Crippen molar-refractivity contribution in [1.29, 1.82) is 0 Å². The number of H-pyrrole nitrogens is 1. The van der Waals surface area contributed by atoms with Gasteiger partial charge in [0.15, 0.2) is 0 Å². The van der Waals surface area contributed by atoms with Crippen molar-refractivity contribution in [3.8, 4) is 0 Å². The molecule has 0 saturated carbocycles. The number of aryl methyl sites for hydroxylation is 1. The maximum atomic E-state index is 10.9. The summed E-state index contributed by atoms with van der Waals surface area (Å²) in [5, 5.41) is 15.3. The first-order chi connectivity index (χ1) is 11.2. The standard InChI is InChI=1S/C18H20N4O/c1-2-12-9-19-16-15(12)17(22-11-21-16)20-10-18(23)7-13-5-3-4-6-14(13)8-18/h3-6,9,11,23H,2,7-8,10H2,1H3,(H2,19,20,21,22). The van der Waals surface area contributed by atoms with Crippen LogP contribution in [0.1, 0.15) is 23.6 Å². The van der Waals surface area contributed by atoms with Gasteiger partial charge in [-0.05, 0) is 23.1 Å². The van der Waals surface area contributed by atoms with Crippen LogP contribution in [-0.2, 0) is 19.3 Å². The zero-order chi connectivity index (χ0) is 15.9. The zero-order valence-corrected chi connectivity index (χ0v) is 13.1. The molecule has 5 nitrogen and oxygen atoms in total. The summed E-state index contributed by atoms with van der Waals surface area (Å²) >= 11 is 0. The van der Waals surface area contributed by atoms with E-state index in [4.69, 9.17) is 0 Å². The van der Waals surface area contributed by atoms with Gasteiger partial charge in [0.25, 0.3) is 0 Å². The number of aliphatic hydroxyl groups is 1. The highest BCUT2D eigenvalue weighted by Gasteiger charge is 2.34. The Labute approximate surface area is 134 Å². The first kappa shape index (κ1) is 14.2. The van der Waals surface area contributed by atoms with Crippen LogP contribution in [0.2, 0.25) is 0 Å². The summed E-state index contributed by atoms with van der Waals surface area (Å²) < 4.78 is 0. The van der Waals surface area contributed by atoms with Gasteiger partial charge < -0.3 is 15.4 Å². The normalized spacial score (nSPS) is 15.7. The van der Waals surface area contributed by atoms with Crippen molar-refractivity contribution in [2.45, 2.75) is 31.8 Å². The Bertz CT molecular complexity index is 830. The minimum atomic E-state index is -0.760.